The number of nitrogens with zero attached hydrogens (tertiary/aromatic N) is 3. The second-order valence-corrected chi connectivity index (χ2v) is 8.72. The molecule has 180 valence electrons. The molecule has 1 aliphatic rings. The summed E-state index contributed by atoms with van der Waals surface area (Å²) in [7, 11) is 1.69. The van der Waals surface area contributed by atoms with Crippen molar-refractivity contribution in [3.05, 3.63) is 95.9 Å². The Morgan fingerprint density at radius 1 is 1.03 bits per heavy atom. The molecule has 7 nitrogen and oxygen atoms in total. The highest BCUT2D eigenvalue weighted by Gasteiger charge is 2.26. The molecule has 0 spiro atoms. The molecule has 1 amide bonds. The molecule has 5 rings (SSSR count). The normalized spacial score (nSPS) is 14.7. The van der Waals surface area contributed by atoms with Gasteiger partial charge in [0.2, 0.25) is 0 Å². The Hall–Kier alpha value is -3.84. The second-order valence-electron chi connectivity index (χ2n) is 8.72. The van der Waals surface area contributed by atoms with Crippen molar-refractivity contribution in [3.8, 4) is 11.5 Å². The Morgan fingerprint density at radius 2 is 1.80 bits per heavy atom. The molecule has 0 radical (unpaired) electrons. The summed E-state index contributed by atoms with van der Waals surface area (Å²) in [6, 6.07) is 21.2. The number of amides is 1. The fraction of sp³-hybridized carbons (Fsp3) is 0.286. The minimum atomic E-state index is -0.101. The van der Waals surface area contributed by atoms with Crippen molar-refractivity contribution >= 4 is 11.6 Å². The fourth-order valence-corrected chi connectivity index (χ4v) is 4.64. The molecule has 1 saturated heterocycles. The number of para-hydroxylation sites is 1. The molecule has 0 bridgehead atoms. The van der Waals surface area contributed by atoms with Gasteiger partial charge in [0.15, 0.2) is 0 Å². The lowest BCUT2D eigenvalue weighted by atomic mass is 10.0. The molecular weight excluding hydrogens is 440 g/mol. The van der Waals surface area contributed by atoms with Gasteiger partial charge < -0.3 is 19.2 Å². The molecular formula is C28H30N4O3. The SMILES string of the molecule is COc1ccccc1C(CNC(=O)c1ccc(OCc2cn3ccccc3n2)cc1)N1CCCC1. The zero-order valence-corrected chi connectivity index (χ0v) is 19.9. The summed E-state index contributed by atoms with van der Waals surface area (Å²) in [5, 5.41) is 3.13. The molecule has 7 heteroatoms. The first kappa shape index (κ1) is 22.9. The molecule has 2 aromatic carbocycles. The van der Waals surface area contributed by atoms with Crippen molar-refractivity contribution in [1.29, 1.82) is 0 Å². The third-order valence-corrected chi connectivity index (χ3v) is 6.45. The topological polar surface area (TPSA) is 68.1 Å². The van der Waals surface area contributed by atoms with Crippen LogP contribution in [0.4, 0.5) is 0 Å². The number of aromatic nitrogens is 2. The molecule has 4 aromatic rings. The summed E-state index contributed by atoms with van der Waals surface area (Å²) in [5.41, 5.74) is 3.44. The van der Waals surface area contributed by atoms with Crippen LogP contribution in [0.3, 0.4) is 0 Å². The minimum Gasteiger partial charge on any atom is -0.496 e. The molecule has 3 heterocycles. The average Bonchev–Trinajstić information content (AvgIpc) is 3.58. The van der Waals surface area contributed by atoms with E-state index in [1.165, 1.54) is 12.8 Å². The molecule has 0 aliphatic carbocycles. The lowest BCUT2D eigenvalue weighted by Crippen LogP contribution is -2.37. The van der Waals surface area contributed by atoms with Crippen LogP contribution in [0.5, 0.6) is 11.5 Å². The van der Waals surface area contributed by atoms with E-state index in [1.807, 2.05) is 65.3 Å². The van der Waals surface area contributed by atoms with Crippen LogP contribution in [-0.2, 0) is 6.61 Å². The number of carbonyl (C=O) groups excluding carboxylic acids is 1. The van der Waals surface area contributed by atoms with Crippen molar-refractivity contribution < 1.29 is 14.3 Å². The summed E-state index contributed by atoms with van der Waals surface area (Å²) in [6.07, 6.45) is 6.27. The van der Waals surface area contributed by atoms with Crippen molar-refractivity contribution in [1.82, 2.24) is 19.6 Å². The van der Waals surface area contributed by atoms with Crippen LogP contribution in [0.25, 0.3) is 5.65 Å². The van der Waals surface area contributed by atoms with Gasteiger partial charge in [0.1, 0.15) is 23.8 Å². The molecule has 0 saturated carbocycles. The van der Waals surface area contributed by atoms with Crippen LogP contribution in [0.2, 0.25) is 0 Å². The number of methoxy groups -OCH3 is 1. The smallest absolute Gasteiger partial charge is 0.251 e. The van der Waals surface area contributed by atoms with Gasteiger partial charge in [0, 0.05) is 30.1 Å². The highest BCUT2D eigenvalue weighted by Crippen LogP contribution is 2.31. The number of hydrogen-bond donors (Lipinski definition) is 1. The number of pyridine rings is 1. The molecule has 1 N–H and O–H groups in total. The van der Waals surface area contributed by atoms with Crippen LogP contribution in [0, 0.1) is 0 Å². The summed E-state index contributed by atoms with van der Waals surface area (Å²) >= 11 is 0. The van der Waals surface area contributed by atoms with Crippen LogP contribution in [0.15, 0.2) is 79.1 Å². The number of ether oxygens (including phenoxy) is 2. The van der Waals surface area contributed by atoms with E-state index in [0.717, 1.165) is 35.7 Å². The van der Waals surface area contributed by atoms with Gasteiger partial charge >= 0.3 is 0 Å². The number of carbonyl (C=O) groups is 1. The number of benzene rings is 2. The third kappa shape index (κ3) is 5.30. The zero-order valence-electron chi connectivity index (χ0n) is 19.9. The predicted octanol–water partition coefficient (Wildman–Crippen LogP) is 4.49. The maximum atomic E-state index is 12.9. The maximum absolute atomic E-state index is 12.9. The lowest BCUT2D eigenvalue weighted by molar-refractivity contribution is 0.0937. The van der Waals surface area contributed by atoms with Gasteiger partial charge in [0.05, 0.1) is 18.8 Å². The van der Waals surface area contributed by atoms with Crippen molar-refractivity contribution in [2.45, 2.75) is 25.5 Å². The quantitative estimate of drug-likeness (QED) is 0.390. The maximum Gasteiger partial charge on any atom is 0.251 e. The number of likely N-dealkylation sites (tertiary alicyclic amines) is 1. The van der Waals surface area contributed by atoms with Crippen LogP contribution < -0.4 is 14.8 Å². The van der Waals surface area contributed by atoms with Crippen LogP contribution >= 0.6 is 0 Å². The highest BCUT2D eigenvalue weighted by molar-refractivity contribution is 5.94. The van der Waals surface area contributed by atoms with Gasteiger partial charge in [-0.3, -0.25) is 9.69 Å². The Morgan fingerprint density at radius 3 is 2.57 bits per heavy atom. The number of fused-ring (bicyclic) bond motifs is 1. The van der Waals surface area contributed by atoms with E-state index in [2.05, 4.69) is 21.3 Å². The third-order valence-electron chi connectivity index (χ3n) is 6.45. The molecule has 1 fully saturated rings. The molecule has 1 aliphatic heterocycles. The summed E-state index contributed by atoms with van der Waals surface area (Å²) in [4.78, 5) is 19.9. The van der Waals surface area contributed by atoms with Crippen LogP contribution in [-0.4, -0.2) is 46.9 Å². The van der Waals surface area contributed by atoms with Crippen molar-refractivity contribution in [2.24, 2.45) is 0 Å². The standard InChI is InChI=1S/C28H30N4O3/c1-34-26-9-3-2-8-24(26)25(31-15-6-7-16-31)18-29-28(33)21-11-13-23(14-12-21)35-20-22-19-32-17-5-4-10-27(32)30-22/h2-5,8-14,17,19,25H,6-7,15-16,18,20H2,1H3,(H,29,33). The molecule has 1 unspecified atom stereocenters. The molecule has 1 atom stereocenters. The molecule has 35 heavy (non-hydrogen) atoms. The zero-order chi connectivity index (χ0) is 24.0. The van der Waals surface area contributed by atoms with E-state index in [0.29, 0.717) is 24.5 Å². The monoisotopic (exact) mass is 470 g/mol. The minimum absolute atomic E-state index is 0.0747. The van der Waals surface area contributed by atoms with E-state index in [1.54, 1.807) is 19.2 Å². The Kier molecular flexibility index (Phi) is 6.95. The van der Waals surface area contributed by atoms with E-state index >= 15 is 0 Å². The van der Waals surface area contributed by atoms with Gasteiger partial charge in [0.25, 0.3) is 5.91 Å². The van der Waals surface area contributed by atoms with Gasteiger partial charge in [-0.25, -0.2) is 4.98 Å². The number of nitrogens with one attached hydrogen (secondary N) is 1. The number of rotatable bonds is 9. The van der Waals surface area contributed by atoms with Gasteiger partial charge in [-0.1, -0.05) is 24.3 Å². The van der Waals surface area contributed by atoms with Gasteiger partial charge in [-0.2, -0.15) is 0 Å². The van der Waals surface area contributed by atoms with E-state index in [9.17, 15) is 4.79 Å². The fourth-order valence-electron chi connectivity index (χ4n) is 4.64. The van der Waals surface area contributed by atoms with E-state index in [-0.39, 0.29) is 11.9 Å². The summed E-state index contributed by atoms with van der Waals surface area (Å²) < 4.78 is 13.4. The van der Waals surface area contributed by atoms with E-state index < -0.39 is 0 Å². The highest BCUT2D eigenvalue weighted by atomic mass is 16.5. The van der Waals surface area contributed by atoms with Crippen molar-refractivity contribution in [3.63, 3.8) is 0 Å². The first-order chi connectivity index (χ1) is 17.2. The van der Waals surface area contributed by atoms with E-state index in [4.69, 9.17) is 9.47 Å². The Labute approximate surface area is 205 Å². The van der Waals surface area contributed by atoms with Gasteiger partial charge in [-0.05, 0) is 68.4 Å². The lowest BCUT2D eigenvalue weighted by Gasteiger charge is -2.29. The summed E-state index contributed by atoms with van der Waals surface area (Å²) in [5.74, 6) is 1.45. The van der Waals surface area contributed by atoms with Gasteiger partial charge in [-0.15, -0.1) is 0 Å². The second kappa shape index (κ2) is 10.6. The number of imidazole rings is 1. The first-order valence-corrected chi connectivity index (χ1v) is 12.0. The largest absolute Gasteiger partial charge is 0.496 e. The summed E-state index contributed by atoms with van der Waals surface area (Å²) in [6.45, 7) is 2.93. The molecule has 2 aromatic heterocycles. The first-order valence-electron chi connectivity index (χ1n) is 12.0. The predicted molar refractivity (Wildman–Crippen MR) is 135 cm³/mol. The van der Waals surface area contributed by atoms with Crippen molar-refractivity contribution in [2.75, 3.05) is 26.7 Å². The average molecular weight is 471 g/mol. The number of hydrogen-bond acceptors (Lipinski definition) is 5. The van der Waals surface area contributed by atoms with Crippen LogP contribution in [0.1, 0.15) is 40.5 Å². The Balaban J connectivity index is 1.20. The Bertz CT molecular complexity index is 1250.